The van der Waals surface area contributed by atoms with E-state index in [1.807, 2.05) is 60.7 Å². The molecule has 4 atom stereocenters. The van der Waals surface area contributed by atoms with Crippen LogP contribution in [0.1, 0.15) is 33.4 Å². The van der Waals surface area contributed by atoms with E-state index in [0.29, 0.717) is 0 Å². The number of aliphatic hydroxyl groups is 4. The molecule has 9 heteroatoms. The van der Waals surface area contributed by atoms with Gasteiger partial charge in [0.1, 0.15) is 0 Å². The first-order valence-electron chi connectivity index (χ1n) is 11.8. The Bertz CT molecular complexity index is 937. The molecular formula is C31H43IrN3O4Pt-. The molecule has 3 aromatic rings. The smallest absolute Gasteiger partial charge is 0.693 e. The molecule has 2 aromatic heterocycles. The molecule has 0 fully saturated rings. The fourth-order valence-electron chi connectivity index (χ4n) is 3.80. The van der Waals surface area contributed by atoms with Gasteiger partial charge >= 0.3 is 20.1 Å². The zero-order chi connectivity index (χ0) is 27.1. The van der Waals surface area contributed by atoms with Crippen molar-refractivity contribution in [2.45, 2.75) is 52.1 Å². The van der Waals surface area contributed by atoms with E-state index in [0.717, 1.165) is 22.5 Å². The van der Waals surface area contributed by atoms with Gasteiger partial charge in [0.25, 0.3) is 0 Å². The van der Waals surface area contributed by atoms with E-state index in [1.165, 1.54) is 0 Å². The minimum Gasteiger partial charge on any atom is -0.693 e. The Labute approximate surface area is 268 Å². The van der Waals surface area contributed by atoms with Crippen LogP contribution in [0.5, 0.6) is 0 Å². The summed E-state index contributed by atoms with van der Waals surface area (Å²) < 4.78 is 0. The van der Waals surface area contributed by atoms with Crippen molar-refractivity contribution in [2.75, 3.05) is 0 Å². The van der Waals surface area contributed by atoms with Gasteiger partial charge in [0.15, 0.2) is 0 Å². The number of nitrogens with two attached hydrogens (primary N) is 1. The maximum atomic E-state index is 9.47. The Balaban J connectivity index is -0.000000234. The number of pyridine rings is 2. The van der Waals surface area contributed by atoms with Crippen LogP contribution in [0.4, 0.5) is 0 Å². The molecule has 226 valence electrons. The van der Waals surface area contributed by atoms with E-state index in [9.17, 15) is 20.4 Å². The summed E-state index contributed by atoms with van der Waals surface area (Å²) in [7, 11) is 0. The second-order valence-electron chi connectivity index (χ2n) is 8.48. The fraction of sp³-hybridized carbons (Fsp3) is 0.323. The molecule has 0 radical (unpaired) electrons. The Morgan fingerprint density at radius 3 is 1.55 bits per heavy atom. The number of nitrogens with zero attached hydrogens (tertiary/aromatic N) is 2. The summed E-state index contributed by atoms with van der Waals surface area (Å²) in [6.07, 6.45) is 3.14. The predicted octanol–water partition coefficient (Wildman–Crippen LogP) is 5.54. The van der Waals surface area contributed by atoms with E-state index >= 15 is 0 Å². The number of benzene rings is 1. The third-order valence-electron chi connectivity index (χ3n) is 5.51. The standard InChI is InChI=1S/C11H8N.C10H22O4.C9H8N.CH3.Ir.H2N.Pt/c1-2-6-10(7-3-1)11-8-4-5-9-12-11;1-5(11)9(6(2)12)10(7(3)13)8(4)14;1-3-8(2)9-6-4-5-7-10-9;;;;/h1-6,8-9H;5-14H,1-4H3;4-7H,1-2H2;1H3;;1H2;/q-1;;2*-1;+3;-1;. The third kappa shape index (κ3) is 16.4. The van der Waals surface area contributed by atoms with Crippen molar-refractivity contribution in [1.82, 2.24) is 9.97 Å². The van der Waals surface area contributed by atoms with Crippen LogP contribution in [0.2, 0.25) is 0 Å². The van der Waals surface area contributed by atoms with Crippen molar-refractivity contribution in [3.63, 3.8) is 0 Å². The van der Waals surface area contributed by atoms with Crippen LogP contribution < -0.4 is 0 Å². The molecule has 0 saturated carbocycles. The first kappa shape index (κ1) is 45.1. The van der Waals surface area contributed by atoms with Crippen molar-refractivity contribution in [2.24, 2.45) is 11.8 Å². The van der Waals surface area contributed by atoms with Gasteiger partial charge in [0, 0.05) is 45.3 Å². The second kappa shape index (κ2) is 24.9. The quantitative estimate of drug-likeness (QED) is 0.173. The number of rotatable bonds is 8. The van der Waals surface area contributed by atoms with Gasteiger partial charge in [-0.15, -0.1) is 35.9 Å². The van der Waals surface area contributed by atoms with E-state index < -0.39 is 36.3 Å². The van der Waals surface area contributed by atoms with Gasteiger partial charge in [0.2, 0.25) is 0 Å². The number of hydrogen-bond donors (Lipinski definition) is 4. The van der Waals surface area contributed by atoms with Crippen molar-refractivity contribution >= 4 is 5.57 Å². The summed E-state index contributed by atoms with van der Waals surface area (Å²) in [5, 5.41) is 37.9. The van der Waals surface area contributed by atoms with Gasteiger partial charge in [-0.3, -0.25) is 0 Å². The van der Waals surface area contributed by atoms with Crippen molar-refractivity contribution in [3.05, 3.63) is 118 Å². The van der Waals surface area contributed by atoms with Crippen LogP contribution in [0.3, 0.4) is 0 Å². The van der Waals surface area contributed by atoms with Crippen LogP contribution in [-0.2, 0) is 41.2 Å². The monoisotopic (exact) mass is 909 g/mol. The predicted molar refractivity (Wildman–Crippen MR) is 156 cm³/mol. The van der Waals surface area contributed by atoms with E-state index in [2.05, 4.69) is 35.3 Å². The van der Waals surface area contributed by atoms with Crippen molar-refractivity contribution in [1.29, 1.82) is 0 Å². The fourth-order valence-corrected chi connectivity index (χ4v) is 3.80. The van der Waals surface area contributed by atoms with Gasteiger partial charge < -0.3 is 44.0 Å². The number of aliphatic hydroxyl groups excluding tert-OH is 4. The topological polar surface area (TPSA) is 140 Å². The molecule has 0 aliphatic heterocycles. The molecular weight excluding hydrogens is 866 g/mol. The molecule has 0 bridgehead atoms. The van der Waals surface area contributed by atoms with Gasteiger partial charge in [-0.2, -0.15) is 24.8 Å². The third-order valence-corrected chi connectivity index (χ3v) is 5.51. The van der Waals surface area contributed by atoms with Gasteiger partial charge in [-0.05, 0) is 51.2 Å². The van der Waals surface area contributed by atoms with Crippen LogP contribution in [0, 0.1) is 31.4 Å². The molecule has 40 heavy (non-hydrogen) atoms. The normalized spacial score (nSPS) is 13.8. The van der Waals surface area contributed by atoms with Gasteiger partial charge in [-0.1, -0.05) is 24.3 Å². The summed E-state index contributed by atoms with van der Waals surface area (Å²) in [5.74, 6) is -1.04. The minimum atomic E-state index is -0.760. The molecule has 4 unspecified atom stereocenters. The van der Waals surface area contributed by atoms with E-state index in [4.69, 9.17) is 0 Å². The Morgan fingerprint density at radius 2 is 1.23 bits per heavy atom. The first-order valence-corrected chi connectivity index (χ1v) is 11.8. The minimum absolute atomic E-state index is 0. The van der Waals surface area contributed by atoms with Crippen molar-refractivity contribution < 1.29 is 61.6 Å². The molecule has 0 aliphatic rings. The zero-order valence-corrected chi connectivity index (χ0v) is 28.4. The first-order chi connectivity index (χ1) is 17.1. The largest absolute Gasteiger partial charge is 3.00 e. The van der Waals surface area contributed by atoms with Gasteiger partial charge in [-0.25, -0.2) is 0 Å². The zero-order valence-electron chi connectivity index (χ0n) is 23.7. The summed E-state index contributed by atoms with van der Waals surface area (Å²) in [4.78, 5) is 8.27. The number of aromatic nitrogens is 2. The molecule has 2 heterocycles. The number of allylic oxidation sites excluding steroid dienone is 2. The van der Waals surface area contributed by atoms with Crippen LogP contribution in [-0.4, -0.2) is 54.8 Å². The molecule has 0 amide bonds. The molecule has 7 nitrogen and oxygen atoms in total. The Kier molecular flexibility index (Phi) is 28.1. The SMILES string of the molecule is C=[C-]C(=C)c1ccccn1.CC(O)C(C(C)O)C(C(C)O)C(C)O.[CH3-].[Ir+3].[NH2-].[Pt].[c-]1ccccc1-c1ccccn1. The van der Waals surface area contributed by atoms with Crippen LogP contribution in [0.15, 0.2) is 86.2 Å². The van der Waals surface area contributed by atoms with E-state index in [1.54, 1.807) is 40.1 Å². The molecule has 6 N–H and O–H groups in total. The molecule has 0 spiro atoms. The average molecular weight is 909 g/mol. The molecule has 0 saturated heterocycles. The maximum absolute atomic E-state index is 9.47. The van der Waals surface area contributed by atoms with Crippen LogP contribution >= 0.6 is 0 Å². The summed E-state index contributed by atoms with van der Waals surface area (Å²) in [5.41, 5.74) is 3.58. The second-order valence-corrected chi connectivity index (χ2v) is 8.48. The van der Waals surface area contributed by atoms with Crippen molar-refractivity contribution in [3.8, 4) is 11.3 Å². The summed E-state index contributed by atoms with van der Waals surface area (Å²) >= 11 is 0. The average Bonchev–Trinajstić information content (AvgIpc) is 2.88. The van der Waals surface area contributed by atoms with Gasteiger partial charge in [0.05, 0.1) is 24.4 Å². The summed E-state index contributed by atoms with van der Waals surface area (Å²) in [6, 6.07) is 22.5. The summed E-state index contributed by atoms with van der Waals surface area (Å²) in [6.45, 7) is 13.4. The maximum Gasteiger partial charge on any atom is 3.00 e. The van der Waals surface area contributed by atoms with E-state index in [-0.39, 0.29) is 54.7 Å². The Hall–Kier alpha value is -1.86. The Morgan fingerprint density at radius 1 is 0.775 bits per heavy atom. The molecule has 0 aliphatic carbocycles. The number of hydrogen-bond acceptors (Lipinski definition) is 6. The molecule has 3 rings (SSSR count). The van der Waals surface area contributed by atoms with Crippen LogP contribution in [0.25, 0.3) is 23.0 Å². The molecule has 1 aromatic carbocycles.